The SMILES string of the molecule is CCCCc1cc(-c2ccccc2)c2c(c1-c1ccccc1)CC(C(=O)O)(C(=O)O)C2. The number of hydrogen-bond donors (Lipinski definition) is 2. The summed E-state index contributed by atoms with van der Waals surface area (Å²) in [6, 6.07) is 21.9. The number of carboxylic acid groups (broad SMARTS) is 2. The van der Waals surface area contributed by atoms with Gasteiger partial charge in [0.1, 0.15) is 0 Å². The zero-order valence-electron chi connectivity index (χ0n) is 17.6. The summed E-state index contributed by atoms with van der Waals surface area (Å²) >= 11 is 0. The van der Waals surface area contributed by atoms with Gasteiger partial charge in [-0.1, -0.05) is 80.1 Å². The van der Waals surface area contributed by atoms with Crippen LogP contribution in [0.1, 0.15) is 36.5 Å². The molecule has 0 aliphatic heterocycles. The average molecular weight is 415 g/mol. The quantitative estimate of drug-likeness (QED) is 0.492. The maximum Gasteiger partial charge on any atom is 0.321 e. The summed E-state index contributed by atoms with van der Waals surface area (Å²) in [5.74, 6) is -2.55. The summed E-state index contributed by atoms with van der Waals surface area (Å²) in [5, 5.41) is 19.9. The van der Waals surface area contributed by atoms with Crippen LogP contribution in [0.4, 0.5) is 0 Å². The van der Waals surface area contributed by atoms with Crippen molar-refractivity contribution in [2.75, 3.05) is 0 Å². The lowest BCUT2D eigenvalue weighted by Crippen LogP contribution is -2.40. The fraction of sp³-hybridized carbons (Fsp3) is 0.259. The number of unbranched alkanes of at least 4 members (excludes halogenated alkanes) is 1. The number of aliphatic carboxylic acids is 2. The summed E-state index contributed by atoms with van der Waals surface area (Å²) in [4.78, 5) is 24.4. The smallest absolute Gasteiger partial charge is 0.321 e. The van der Waals surface area contributed by atoms with Crippen LogP contribution < -0.4 is 0 Å². The van der Waals surface area contributed by atoms with Crippen molar-refractivity contribution in [1.82, 2.24) is 0 Å². The molecule has 0 aromatic heterocycles. The number of carbonyl (C=O) groups is 2. The van der Waals surface area contributed by atoms with Gasteiger partial charge < -0.3 is 10.2 Å². The summed E-state index contributed by atoms with van der Waals surface area (Å²) in [6.45, 7) is 2.15. The third kappa shape index (κ3) is 3.63. The number of fused-ring (bicyclic) bond motifs is 1. The van der Waals surface area contributed by atoms with E-state index in [2.05, 4.69) is 13.0 Å². The number of carboxylic acids is 2. The average Bonchev–Trinajstić information content (AvgIpc) is 3.20. The largest absolute Gasteiger partial charge is 0.480 e. The van der Waals surface area contributed by atoms with E-state index in [9.17, 15) is 19.8 Å². The molecule has 0 bridgehead atoms. The van der Waals surface area contributed by atoms with Crippen LogP contribution in [-0.2, 0) is 28.9 Å². The van der Waals surface area contributed by atoms with E-state index in [1.807, 2.05) is 60.7 Å². The normalized spacial score (nSPS) is 14.2. The molecular formula is C27H26O4. The highest BCUT2D eigenvalue weighted by molar-refractivity contribution is 6.01. The Balaban J connectivity index is 2.03. The van der Waals surface area contributed by atoms with Crippen LogP contribution in [0.3, 0.4) is 0 Å². The lowest BCUT2D eigenvalue weighted by Gasteiger charge is -2.19. The Morgan fingerprint density at radius 3 is 1.94 bits per heavy atom. The molecule has 158 valence electrons. The minimum atomic E-state index is -1.83. The van der Waals surface area contributed by atoms with Crippen molar-refractivity contribution in [3.05, 3.63) is 83.4 Å². The van der Waals surface area contributed by atoms with Gasteiger partial charge in [0.25, 0.3) is 0 Å². The van der Waals surface area contributed by atoms with Gasteiger partial charge in [-0.15, -0.1) is 0 Å². The summed E-state index contributed by atoms with van der Waals surface area (Å²) in [5.41, 5.74) is 4.98. The van der Waals surface area contributed by atoms with E-state index in [4.69, 9.17) is 0 Å². The van der Waals surface area contributed by atoms with E-state index in [1.54, 1.807) is 0 Å². The van der Waals surface area contributed by atoms with Crippen molar-refractivity contribution in [3.8, 4) is 22.3 Å². The van der Waals surface area contributed by atoms with Crippen molar-refractivity contribution in [1.29, 1.82) is 0 Å². The molecular weight excluding hydrogens is 388 g/mol. The van der Waals surface area contributed by atoms with Crippen molar-refractivity contribution in [3.63, 3.8) is 0 Å². The molecule has 0 spiro atoms. The van der Waals surface area contributed by atoms with Crippen molar-refractivity contribution in [2.45, 2.75) is 39.0 Å². The molecule has 4 nitrogen and oxygen atoms in total. The van der Waals surface area contributed by atoms with Gasteiger partial charge >= 0.3 is 11.9 Å². The molecule has 0 saturated heterocycles. The van der Waals surface area contributed by atoms with Gasteiger partial charge in [-0.3, -0.25) is 9.59 Å². The van der Waals surface area contributed by atoms with Crippen LogP contribution >= 0.6 is 0 Å². The predicted molar refractivity (Wildman–Crippen MR) is 121 cm³/mol. The lowest BCUT2D eigenvalue weighted by atomic mass is 9.84. The Morgan fingerprint density at radius 1 is 0.839 bits per heavy atom. The minimum Gasteiger partial charge on any atom is -0.480 e. The first-order valence-electron chi connectivity index (χ1n) is 10.7. The van der Waals surface area contributed by atoms with Gasteiger partial charge in [0.2, 0.25) is 0 Å². The molecule has 1 aliphatic rings. The molecule has 31 heavy (non-hydrogen) atoms. The van der Waals surface area contributed by atoms with Gasteiger partial charge in [-0.2, -0.15) is 0 Å². The zero-order chi connectivity index (χ0) is 22.0. The highest BCUT2D eigenvalue weighted by atomic mass is 16.4. The second-order valence-electron chi connectivity index (χ2n) is 8.30. The fourth-order valence-corrected chi connectivity index (χ4v) is 4.70. The maximum atomic E-state index is 12.2. The Hall–Kier alpha value is -3.40. The Labute approximate surface area is 182 Å². The molecule has 4 heteroatoms. The topological polar surface area (TPSA) is 74.6 Å². The Bertz CT molecular complexity index is 1100. The van der Waals surface area contributed by atoms with Crippen molar-refractivity contribution < 1.29 is 19.8 Å². The molecule has 4 rings (SSSR count). The first-order chi connectivity index (χ1) is 15.0. The number of benzene rings is 3. The number of rotatable bonds is 7. The molecule has 3 aromatic rings. The molecule has 1 aliphatic carbocycles. The maximum absolute atomic E-state index is 12.2. The molecule has 0 atom stereocenters. The molecule has 0 unspecified atom stereocenters. The Morgan fingerprint density at radius 2 is 1.39 bits per heavy atom. The van der Waals surface area contributed by atoms with Crippen LogP contribution in [0.2, 0.25) is 0 Å². The van der Waals surface area contributed by atoms with Crippen LogP contribution in [-0.4, -0.2) is 22.2 Å². The van der Waals surface area contributed by atoms with Crippen LogP contribution in [0.5, 0.6) is 0 Å². The van der Waals surface area contributed by atoms with Crippen LogP contribution in [0.25, 0.3) is 22.3 Å². The first kappa shape index (κ1) is 20.9. The van der Waals surface area contributed by atoms with Crippen LogP contribution in [0.15, 0.2) is 66.7 Å². The standard InChI is InChI=1S/C27H26O4/c1-2-3-10-20-15-21(18-11-6-4-7-12-18)22-16-27(25(28)29,26(30)31)17-23(22)24(20)19-13-8-5-9-14-19/h4-9,11-15H,2-3,10,16-17H2,1H3,(H,28,29)(H,30,31). The second kappa shape index (κ2) is 8.38. The van der Waals surface area contributed by atoms with Gasteiger partial charge in [0.05, 0.1) is 0 Å². The fourth-order valence-electron chi connectivity index (χ4n) is 4.70. The highest BCUT2D eigenvalue weighted by Crippen LogP contribution is 2.48. The number of aryl methyl sites for hydroxylation is 1. The van der Waals surface area contributed by atoms with Crippen LogP contribution in [0, 0.1) is 5.41 Å². The molecule has 0 saturated carbocycles. The van der Waals surface area contributed by atoms with E-state index < -0.39 is 17.4 Å². The van der Waals surface area contributed by atoms with E-state index in [1.165, 1.54) is 0 Å². The van der Waals surface area contributed by atoms with Crippen molar-refractivity contribution >= 4 is 11.9 Å². The summed E-state index contributed by atoms with van der Waals surface area (Å²) < 4.78 is 0. The summed E-state index contributed by atoms with van der Waals surface area (Å²) in [6.07, 6.45) is 2.90. The van der Waals surface area contributed by atoms with Crippen molar-refractivity contribution in [2.24, 2.45) is 5.41 Å². The zero-order valence-corrected chi connectivity index (χ0v) is 17.6. The van der Waals surface area contributed by atoms with E-state index in [0.29, 0.717) is 0 Å². The van der Waals surface area contributed by atoms with Gasteiger partial charge in [-0.25, -0.2) is 0 Å². The summed E-state index contributed by atoms with van der Waals surface area (Å²) in [7, 11) is 0. The third-order valence-electron chi connectivity index (χ3n) is 6.35. The molecule has 0 fully saturated rings. The third-order valence-corrected chi connectivity index (χ3v) is 6.35. The lowest BCUT2D eigenvalue weighted by molar-refractivity contribution is -0.163. The monoisotopic (exact) mass is 414 g/mol. The van der Waals surface area contributed by atoms with E-state index >= 15 is 0 Å². The second-order valence-corrected chi connectivity index (χ2v) is 8.30. The highest BCUT2D eigenvalue weighted by Gasteiger charge is 2.52. The molecule has 0 radical (unpaired) electrons. The molecule has 3 aromatic carbocycles. The van der Waals surface area contributed by atoms with Gasteiger partial charge in [-0.05, 0) is 51.8 Å². The van der Waals surface area contributed by atoms with Gasteiger partial charge in [0, 0.05) is 12.8 Å². The van der Waals surface area contributed by atoms with E-state index in [-0.39, 0.29) is 12.8 Å². The van der Waals surface area contributed by atoms with E-state index in [0.717, 1.165) is 58.2 Å². The predicted octanol–water partition coefficient (Wildman–Crippen LogP) is 5.62. The Kier molecular flexibility index (Phi) is 5.64. The minimum absolute atomic E-state index is 0.00295. The molecule has 0 amide bonds. The number of hydrogen-bond acceptors (Lipinski definition) is 2. The molecule has 2 N–H and O–H groups in total. The first-order valence-corrected chi connectivity index (χ1v) is 10.7. The molecule has 0 heterocycles. The van der Waals surface area contributed by atoms with Gasteiger partial charge in [0.15, 0.2) is 5.41 Å².